The van der Waals surface area contributed by atoms with Gasteiger partial charge in [0.05, 0.1) is 5.92 Å². The molecular weight excluding hydrogens is 270 g/mol. The number of carbonyl (C=O) groups is 2. The second-order valence-electron chi connectivity index (χ2n) is 5.63. The normalized spacial score (nSPS) is 18.4. The van der Waals surface area contributed by atoms with Gasteiger partial charge in [-0.25, -0.2) is 0 Å². The summed E-state index contributed by atoms with van der Waals surface area (Å²) in [5, 5.41) is 9.17. The van der Waals surface area contributed by atoms with Gasteiger partial charge in [0.1, 0.15) is 5.75 Å². The maximum Gasteiger partial charge on any atom is 0.308 e. The van der Waals surface area contributed by atoms with Crippen LogP contribution in [0.2, 0.25) is 0 Å². The van der Waals surface area contributed by atoms with E-state index in [4.69, 9.17) is 4.74 Å². The third kappa shape index (κ3) is 3.54. The zero-order chi connectivity index (χ0) is 15.6. The van der Waals surface area contributed by atoms with Crippen molar-refractivity contribution in [3.8, 4) is 5.75 Å². The van der Waals surface area contributed by atoms with Crippen LogP contribution in [-0.2, 0) is 9.59 Å². The summed E-state index contributed by atoms with van der Waals surface area (Å²) in [6, 6.07) is 3.91. The van der Waals surface area contributed by atoms with Crippen LogP contribution in [0.15, 0.2) is 12.1 Å². The minimum absolute atomic E-state index is 0.312. The summed E-state index contributed by atoms with van der Waals surface area (Å²) in [5.41, 5.74) is 2.77. The van der Waals surface area contributed by atoms with E-state index in [0.717, 1.165) is 36.2 Å². The minimum Gasteiger partial charge on any atom is -0.481 e. The number of benzene rings is 1. The molecule has 1 atom stereocenters. The number of hydrogen-bond acceptors (Lipinski definition) is 4. The molecule has 0 saturated carbocycles. The molecule has 0 aromatic heterocycles. The molecule has 1 heterocycles. The van der Waals surface area contributed by atoms with Crippen LogP contribution in [0.4, 0.5) is 5.69 Å². The van der Waals surface area contributed by atoms with E-state index in [2.05, 4.69) is 4.90 Å². The lowest BCUT2D eigenvalue weighted by Gasteiger charge is -2.33. The summed E-state index contributed by atoms with van der Waals surface area (Å²) >= 11 is 0. The molecular formula is C16H21NO4. The number of carboxylic acid groups (broad SMARTS) is 1. The summed E-state index contributed by atoms with van der Waals surface area (Å²) in [6.07, 6.45) is 1.61. The van der Waals surface area contributed by atoms with E-state index in [1.54, 1.807) is 0 Å². The highest BCUT2D eigenvalue weighted by Gasteiger charge is 2.26. The average Bonchev–Trinajstić information content (AvgIpc) is 2.42. The van der Waals surface area contributed by atoms with E-state index in [1.165, 1.54) is 6.92 Å². The molecule has 1 aliphatic rings. The molecule has 1 fully saturated rings. The Morgan fingerprint density at radius 1 is 1.29 bits per heavy atom. The van der Waals surface area contributed by atoms with Gasteiger partial charge >= 0.3 is 11.9 Å². The first-order valence-electron chi connectivity index (χ1n) is 7.16. The predicted octanol–water partition coefficient (Wildman–Crippen LogP) is 2.53. The van der Waals surface area contributed by atoms with E-state index < -0.39 is 5.97 Å². The number of carboxylic acids is 1. The molecule has 1 N–H and O–H groups in total. The fraction of sp³-hybridized carbons (Fsp3) is 0.500. The Morgan fingerprint density at radius 2 is 1.90 bits per heavy atom. The van der Waals surface area contributed by atoms with Gasteiger partial charge < -0.3 is 14.7 Å². The van der Waals surface area contributed by atoms with Gasteiger partial charge in [0.25, 0.3) is 0 Å². The molecule has 1 saturated heterocycles. The number of esters is 1. The van der Waals surface area contributed by atoms with E-state index in [9.17, 15) is 14.7 Å². The SMILES string of the molecule is CC(=O)Oc1c(C)cc(N2CCCC(C(=O)O)C2)cc1C. The standard InChI is InChI=1S/C16H21NO4/c1-10-7-14(8-11(2)15(10)21-12(3)18)17-6-4-5-13(9-17)16(19)20/h7-8,13H,4-6,9H2,1-3H3,(H,19,20). The Bertz CT molecular complexity index is 544. The number of rotatable bonds is 3. The van der Waals surface area contributed by atoms with Crippen LogP contribution in [-0.4, -0.2) is 30.1 Å². The van der Waals surface area contributed by atoms with Gasteiger partial charge in [-0.1, -0.05) is 0 Å². The molecule has 1 aromatic carbocycles. The number of nitrogens with zero attached hydrogens (tertiary/aromatic N) is 1. The van der Waals surface area contributed by atoms with Crippen LogP contribution in [0.5, 0.6) is 5.75 Å². The maximum atomic E-state index is 11.2. The molecule has 1 aliphatic heterocycles. The Kier molecular flexibility index (Phi) is 4.50. The Balaban J connectivity index is 2.24. The van der Waals surface area contributed by atoms with Gasteiger partial charge in [0, 0.05) is 25.7 Å². The molecule has 0 radical (unpaired) electrons. The van der Waals surface area contributed by atoms with Crippen molar-refractivity contribution in [1.29, 1.82) is 0 Å². The molecule has 5 nitrogen and oxygen atoms in total. The summed E-state index contributed by atoms with van der Waals surface area (Å²) in [6.45, 7) is 6.56. The number of piperidine rings is 1. The number of anilines is 1. The number of carbonyl (C=O) groups excluding carboxylic acids is 1. The fourth-order valence-electron chi connectivity index (χ4n) is 2.83. The maximum absolute atomic E-state index is 11.2. The van der Waals surface area contributed by atoms with Crippen LogP contribution in [0, 0.1) is 19.8 Å². The number of hydrogen-bond donors (Lipinski definition) is 1. The smallest absolute Gasteiger partial charge is 0.308 e. The van der Waals surface area contributed by atoms with Crippen molar-refractivity contribution in [2.75, 3.05) is 18.0 Å². The van der Waals surface area contributed by atoms with Gasteiger partial charge in [0.2, 0.25) is 0 Å². The average molecular weight is 291 g/mol. The Labute approximate surface area is 124 Å². The fourth-order valence-corrected chi connectivity index (χ4v) is 2.83. The predicted molar refractivity (Wildman–Crippen MR) is 79.8 cm³/mol. The van der Waals surface area contributed by atoms with Crippen molar-refractivity contribution >= 4 is 17.6 Å². The van der Waals surface area contributed by atoms with E-state index in [-0.39, 0.29) is 11.9 Å². The first-order chi connectivity index (χ1) is 9.88. The summed E-state index contributed by atoms with van der Waals surface area (Å²) in [5.74, 6) is -0.784. The van der Waals surface area contributed by atoms with Gasteiger partial charge in [-0.05, 0) is 49.9 Å². The van der Waals surface area contributed by atoms with Crippen molar-refractivity contribution in [3.05, 3.63) is 23.3 Å². The highest BCUT2D eigenvalue weighted by Crippen LogP contribution is 2.31. The van der Waals surface area contributed by atoms with Gasteiger partial charge in [-0.15, -0.1) is 0 Å². The molecule has 0 aliphatic carbocycles. The number of aryl methyl sites for hydroxylation is 2. The van der Waals surface area contributed by atoms with Gasteiger partial charge in [-0.2, -0.15) is 0 Å². The third-order valence-electron chi connectivity index (χ3n) is 3.83. The summed E-state index contributed by atoms with van der Waals surface area (Å²) in [4.78, 5) is 24.4. The number of ether oxygens (including phenoxy) is 1. The summed E-state index contributed by atoms with van der Waals surface area (Å²) in [7, 11) is 0. The molecule has 2 rings (SSSR count). The van der Waals surface area contributed by atoms with Crippen molar-refractivity contribution in [2.45, 2.75) is 33.6 Å². The highest BCUT2D eigenvalue weighted by molar-refractivity contribution is 5.73. The van der Waals surface area contributed by atoms with Gasteiger partial charge in [-0.3, -0.25) is 9.59 Å². The lowest BCUT2D eigenvalue weighted by molar-refractivity contribution is -0.142. The second-order valence-corrected chi connectivity index (χ2v) is 5.63. The quantitative estimate of drug-likeness (QED) is 0.684. The molecule has 1 unspecified atom stereocenters. The molecule has 0 spiro atoms. The second kappa shape index (κ2) is 6.16. The van der Waals surface area contributed by atoms with Crippen molar-refractivity contribution < 1.29 is 19.4 Å². The molecule has 1 aromatic rings. The molecule has 0 amide bonds. The molecule has 0 bridgehead atoms. The van der Waals surface area contributed by atoms with Gasteiger partial charge in [0.15, 0.2) is 0 Å². The van der Waals surface area contributed by atoms with E-state index in [0.29, 0.717) is 12.3 Å². The van der Waals surface area contributed by atoms with Crippen LogP contribution < -0.4 is 9.64 Å². The van der Waals surface area contributed by atoms with Crippen LogP contribution in [0.1, 0.15) is 30.9 Å². The number of aliphatic carboxylic acids is 1. The zero-order valence-electron chi connectivity index (χ0n) is 12.7. The van der Waals surface area contributed by atoms with E-state index in [1.807, 2.05) is 26.0 Å². The van der Waals surface area contributed by atoms with Crippen LogP contribution in [0.3, 0.4) is 0 Å². The third-order valence-corrected chi connectivity index (χ3v) is 3.83. The van der Waals surface area contributed by atoms with Crippen LogP contribution >= 0.6 is 0 Å². The lowest BCUT2D eigenvalue weighted by atomic mass is 9.97. The lowest BCUT2D eigenvalue weighted by Crippen LogP contribution is -2.38. The largest absolute Gasteiger partial charge is 0.481 e. The van der Waals surface area contributed by atoms with Crippen LogP contribution in [0.25, 0.3) is 0 Å². The Hall–Kier alpha value is -2.04. The highest BCUT2D eigenvalue weighted by atomic mass is 16.5. The monoisotopic (exact) mass is 291 g/mol. The first kappa shape index (κ1) is 15.4. The topological polar surface area (TPSA) is 66.8 Å². The molecule has 5 heteroatoms. The van der Waals surface area contributed by atoms with E-state index >= 15 is 0 Å². The zero-order valence-corrected chi connectivity index (χ0v) is 12.7. The van der Waals surface area contributed by atoms with Crippen molar-refractivity contribution in [1.82, 2.24) is 0 Å². The Morgan fingerprint density at radius 3 is 2.43 bits per heavy atom. The first-order valence-corrected chi connectivity index (χ1v) is 7.16. The van der Waals surface area contributed by atoms with Crippen molar-refractivity contribution in [3.63, 3.8) is 0 Å². The van der Waals surface area contributed by atoms with Crippen molar-refractivity contribution in [2.24, 2.45) is 5.92 Å². The molecule has 114 valence electrons. The summed E-state index contributed by atoms with van der Waals surface area (Å²) < 4.78 is 5.23. The minimum atomic E-state index is -0.732. The molecule has 21 heavy (non-hydrogen) atoms.